The first-order valence-corrected chi connectivity index (χ1v) is 14.8. The van der Waals surface area contributed by atoms with E-state index in [1.54, 1.807) is 0 Å². The van der Waals surface area contributed by atoms with Crippen LogP contribution in [0.1, 0.15) is 44.1 Å². The zero-order valence-electron chi connectivity index (χ0n) is 21.9. The molecular weight excluding hydrogens is 495 g/mol. The van der Waals surface area contributed by atoms with Gasteiger partial charge in [0.05, 0.1) is 22.1 Å². The zero-order chi connectivity index (χ0) is 25.7. The smallest absolute Gasteiger partial charge is 0.319 e. The summed E-state index contributed by atoms with van der Waals surface area (Å²) in [5, 5.41) is 15.3. The van der Waals surface area contributed by atoms with Crippen molar-refractivity contribution in [2.75, 3.05) is 44.3 Å². The van der Waals surface area contributed by atoms with Gasteiger partial charge in [0.2, 0.25) is 0 Å². The molecule has 0 aliphatic carbocycles. The van der Waals surface area contributed by atoms with E-state index in [0.29, 0.717) is 31.1 Å². The number of hydrogen-bond acceptors (Lipinski definition) is 8. The van der Waals surface area contributed by atoms with Gasteiger partial charge in [-0.2, -0.15) is 9.97 Å². The lowest BCUT2D eigenvalue weighted by Gasteiger charge is -2.34. The number of hydrogen-bond donors (Lipinski definition) is 2. The fraction of sp³-hybridized carbons (Fsp3) is 0.552. The number of nitrogens with one attached hydrogen (secondary N) is 1. The predicted molar refractivity (Wildman–Crippen MR) is 153 cm³/mol. The highest BCUT2D eigenvalue weighted by atomic mass is 31.0. The lowest BCUT2D eigenvalue weighted by Crippen LogP contribution is -2.51. The Morgan fingerprint density at radius 1 is 1.08 bits per heavy atom. The number of anilines is 1. The van der Waals surface area contributed by atoms with Gasteiger partial charge >= 0.3 is 6.01 Å². The van der Waals surface area contributed by atoms with Crippen LogP contribution in [0.3, 0.4) is 0 Å². The number of aliphatic hydroxyl groups is 1. The van der Waals surface area contributed by atoms with Crippen molar-refractivity contribution in [1.82, 2.24) is 25.2 Å². The molecule has 0 spiro atoms. The lowest BCUT2D eigenvalue weighted by molar-refractivity contribution is 0.108. The van der Waals surface area contributed by atoms with Crippen molar-refractivity contribution in [1.29, 1.82) is 0 Å². The van der Waals surface area contributed by atoms with Crippen LogP contribution in [0.15, 0.2) is 30.5 Å². The van der Waals surface area contributed by atoms with Crippen LogP contribution in [-0.4, -0.2) is 82.0 Å². The molecule has 2 N–H and O–H groups in total. The molecule has 200 valence electrons. The largest absolute Gasteiger partial charge is 0.461 e. The van der Waals surface area contributed by atoms with Crippen LogP contribution in [0.4, 0.5) is 5.82 Å². The molecule has 4 fully saturated rings. The molecule has 6 heterocycles. The first-order valence-electron chi connectivity index (χ1n) is 14.2. The van der Waals surface area contributed by atoms with Crippen LogP contribution >= 0.6 is 9.24 Å². The second-order valence-electron chi connectivity index (χ2n) is 11.5. The van der Waals surface area contributed by atoms with Gasteiger partial charge in [0, 0.05) is 48.8 Å². The summed E-state index contributed by atoms with van der Waals surface area (Å²) in [6, 6.07) is 9.65. The van der Waals surface area contributed by atoms with E-state index in [1.165, 1.54) is 51.6 Å². The summed E-state index contributed by atoms with van der Waals surface area (Å²) in [5.41, 5.74) is 4.00. The highest BCUT2D eigenvalue weighted by Gasteiger charge is 2.45. The quantitative estimate of drug-likeness (QED) is 0.450. The van der Waals surface area contributed by atoms with Crippen molar-refractivity contribution in [2.45, 2.75) is 62.6 Å². The van der Waals surface area contributed by atoms with Gasteiger partial charge in [-0.05, 0) is 63.6 Å². The molecule has 2 bridgehead atoms. The average Bonchev–Trinajstić information content (AvgIpc) is 3.62. The van der Waals surface area contributed by atoms with Crippen LogP contribution in [0, 0.1) is 0 Å². The molecule has 3 atom stereocenters. The number of nitrogens with zero attached hydrogens (tertiary/aromatic N) is 5. The molecule has 2 aromatic heterocycles. The van der Waals surface area contributed by atoms with Crippen molar-refractivity contribution in [3.8, 4) is 17.3 Å². The Labute approximate surface area is 226 Å². The molecule has 4 aliphatic heterocycles. The molecule has 0 radical (unpaired) electrons. The topological polar surface area (TPSA) is 86.6 Å². The molecule has 3 unspecified atom stereocenters. The third-order valence-electron chi connectivity index (χ3n) is 9.19. The Balaban J connectivity index is 1.31. The fourth-order valence-corrected chi connectivity index (χ4v) is 7.76. The van der Waals surface area contributed by atoms with Gasteiger partial charge in [0.15, 0.2) is 0 Å². The SMILES string of the molecule is OCCc1ccccc1-c1ncc2c(N3CC4CCC(C3)N4)nc(OCC34CCCN3CCC4)nc2c1P. The summed E-state index contributed by atoms with van der Waals surface area (Å²) in [7, 11) is 2.90. The van der Waals surface area contributed by atoms with Gasteiger partial charge in [-0.25, -0.2) is 0 Å². The Morgan fingerprint density at radius 2 is 1.84 bits per heavy atom. The highest BCUT2D eigenvalue weighted by molar-refractivity contribution is 7.28. The molecule has 1 aromatic carbocycles. The Bertz CT molecular complexity index is 1330. The number of pyridine rings is 1. The van der Waals surface area contributed by atoms with E-state index < -0.39 is 0 Å². The van der Waals surface area contributed by atoms with Crippen LogP contribution in [-0.2, 0) is 6.42 Å². The van der Waals surface area contributed by atoms with E-state index in [2.05, 4.69) is 36.5 Å². The standard InChI is InChI=1S/C29H37N6O2P/c36-14-9-19-5-1-2-6-22(19)24-26(38)25-23(15-30-24)27(34-16-20-7-8-21(17-34)31-20)33-28(32-25)37-18-29-10-3-12-35(29)13-4-11-29/h1-2,5-6,15,20-21,31,36H,3-4,7-14,16-18,38H2. The maximum atomic E-state index is 9.63. The molecule has 8 nitrogen and oxygen atoms in total. The summed E-state index contributed by atoms with van der Waals surface area (Å²) >= 11 is 0. The van der Waals surface area contributed by atoms with E-state index in [4.69, 9.17) is 19.7 Å². The van der Waals surface area contributed by atoms with Crippen molar-refractivity contribution < 1.29 is 9.84 Å². The van der Waals surface area contributed by atoms with Crippen LogP contribution < -0.4 is 20.3 Å². The summed E-state index contributed by atoms with van der Waals surface area (Å²) in [6.07, 6.45) is 9.83. The molecule has 0 amide bonds. The van der Waals surface area contributed by atoms with E-state index in [-0.39, 0.29) is 12.1 Å². The van der Waals surface area contributed by atoms with Crippen molar-refractivity contribution in [3.63, 3.8) is 0 Å². The van der Waals surface area contributed by atoms with E-state index in [1.807, 2.05) is 18.3 Å². The summed E-state index contributed by atoms with van der Waals surface area (Å²) in [4.78, 5) is 20.0. The number of piperazine rings is 1. The van der Waals surface area contributed by atoms with Crippen LogP contribution in [0.5, 0.6) is 6.01 Å². The van der Waals surface area contributed by atoms with Crippen molar-refractivity contribution in [3.05, 3.63) is 36.0 Å². The van der Waals surface area contributed by atoms with Gasteiger partial charge in [-0.15, -0.1) is 9.24 Å². The molecule has 0 saturated carbocycles. The zero-order valence-corrected chi connectivity index (χ0v) is 23.1. The fourth-order valence-electron chi connectivity index (χ4n) is 7.31. The Kier molecular flexibility index (Phi) is 6.47. The van der Waals surface area contributed by atoms with Gasteiger partial charge in [-0.1, -0.05) is 24.3 Å². The first-order chi connectivity index (χ1) is 18.6. The van der Waals surface area contributed by atoms with Gasteiger partial charge < -0.3 is 20.1 Å². The third-order valence-corrected chi connectivity index (χ3v) is 9.74. The van der Waals surface area contributed by atoms with E-state index >= 15 is 0 Å². The normalized spacial score (nSPS) is 24.3. The first kappa shape index (κ1) is 24.6. The number of aromatic nitrogens is 3. The van der Waals surface area contributed by atoms with E-state index in [0.717, 1.165) is 51.9 Å². The number of ether oxygens (including phenoxy) is 1. The van der Waals surface area contributed by atoms with Crippen molar-refractivity contribution in [2.24, 2.45) is 0 Å². The monoisotopic (exact) mass is 532 g/mol. The molecule has 7 rings (SSSR count). The molecular formula is C29H37N6O2P. The number of rotatable bonds is 7. The summed E-state index contributed by atoms with van der Waals surface area (Å²) in [6.45, 7) is 4.98. The van der Waals surface area contributed by atoms with Crippen molar-refractivity contribution >= 4 is 31.3 Å². The Hall–Kier alpha value is -2.38. The maximum absolute atomic E-state index is 9.63. The maximum Gasteiger partial charge on any atom is 0.319 e. The van der Waals surface area contributed by atoms with Crippen LogP contribution in [0.2, 0.25) is 0 Å². The number of aliphatic hydroxyl groups excluding tert-OH is 1. The third kappa shape index (κ3) is 4.26. The molecule has 9 heteroatoms. The summed E-state index contributed by atoms with van der Waals surface area (Å²) in [5.74, 6) is 0.932. The minimum atomic E-state index is 0.102. The van der Waals surface area contributed by atoms with Gasteiger partial charge in [0.1, 0.15) is 12.4 Å². The molecule has 38 heavy (non-hydrogen) atoms. The Morgan fingerprint density at radius 3 is 2.61 bits per heavy atom. The number of benzene rings is 1. The minimum Gasteiger partial charge on any atom is -0.461 e. The summed E-state index contributed by atoms with van der Waals surface area (Å²) < 4.78 is 6.50. The molecule has 3 aromatic rings. The molecule has 4 saturated heterocycles. The van der Waals surface area contributed by atoms with Crippen LogP contribution in [0.25, 0.3) is 22.2 Å². The van der Waals surface area contributed by atoms with E-state index in [9.17, 15) is 5.11 Å². The number of fused-ring (bicyclic) bond motifs is 4. The molecule has 4 aliphatic rings. The second kappa shape index (κ2) is 9.98. The predicted octanol–water partition coefficient (Wildman–Crippen LogP) is 2.67. The lowest BCUT2D eigenvalue weighted by atomic mass is 9.95. The van der Waals surface area contributed by atoms with Gasteiger partial charge in [0.25, 0.3) is 0 Å². The van der Waals surface area contributed by atoms with Gasteiger partial charge in [-0.3, -0.25) is 9.88 Å². The average molecular weight is 533 g/mol. The second-order valence-corrected chi connectivity index (χ2v) is 12.1. The minimum absolute atomic E-state index is 0.102. The highest BCUT2D eigenvalue weighted by Crippen LogP contribution is 2.39.